The van der Waals surface area contributed by atoms with Crippen molar-refractivity contribution >= 4 is 29.3 Å². The first kappa shape index (κ1) is 19.3. The molecule has 25 heavy (non-hydrogen) atoms. The number of carbonyl (C=O) groups is 1. The second kappa shape index (κ2) is 10.1. The molecule has 6 nitrogen and oxygen atoms in total. The molecule has 1 aromatic carbocycles. The van der Waals surface area contributed by atoms with Crippen LogP contribution in [0.1, 0.15) is 6.42 Å². The Balaban J connectivity index is 2.20. The summed E-state index contributed by atoms with van der Waals surface area (Å²) in [5.41, 5.74) is 0.803. The van der Waals surface area contributed by atoms with Crippen molar-refractivity contribution in [3.8, 4) is 23.7 Å². The molecule has 0 aliphatic carbocycles. The van der Waals surface area contributed by atoms with Crippen molar-refractivity contribution in [1.82, 2.24) is 20.1 Å². The molecule has 0 saturated carbocycles. The first-order chi connectivity index (χ1) is 12.2. The van der Waals surface area contributed by atoms with Gasteiger partial charge in [0.15, 0.2) is 11.0 Å². The fourth-order valence-corrected chi connectivity index (χ4v) is 3.15. The van der Waals surface area contributed by atoms with Gasteiger partial charge in [-0.2, -0.15) is 0 Å². The maximum Gasteiger partial charge on any atom is 0.231 e. The van der Waals surface area contributed by atoms with Crippen LogP contribution >= 0.6 is 23.4 Å². The van der Waals surface area contributed by atoms with Crippen LogP contribution in [0.5, 0.6) is 0 Å². The number of terminal acetylenes is 1. The average molecular weight is 379 g/mol. The second-order valence-electron chi connectivity index (χ2n) is 5.05. The number of aromatic nitrogens is 3. The molecule has 0 fully saturated rings. The molecule has 0 aliphatic heterocycles. The topological polar surface area (TPSA) is 69.0 Å². The number of ether oxygens (including phenoxy) is 1. The number of amides is 1. The van der Waals surface area contributed by atoms with E-state index in [1.54, 1.807) is 7.11 Å². The first-order valence-electron chi connectivity index (χ1n) is 7.67. The fraction of sp³-hybridized carbons (Fsp3) is 0.353. The monoisotopic (exact) mass is 378 g/mol. The summed E-state index contributed by atoms with van der Waals surface area (Å²) in [5, 5.41) is 12.4. The number of benzene rings is 1. The first-order valence-corrected chi connectivity index (χ1v) is 9.03. The van der Waals surface area contributed by atoms with Crippen molar-refractivity contribution in [2.75, 3.05) is 26.0 Å². The van der Waals surface area contributed by atoms with Crippen molar-refractivity contribution < 1.29 is 9.53 Å². The summed E-state index contributed by atoms with van der Waals surface area (Å²) in [7, 11) is 1.66. The number of hydrogen-bond acceptors (Lipinski definition) is 5. The summed E-state index contributed by atoms with van der Waals surface area (Å²) < 4.78 is 7.08. The molecule has 0 unspecified atom stereocenters. The van der Waals surface area contributed by atoms with E-state index in [4.69, 9.17) is 22.8 Å². The summed E-state index contributed by atoms with van der Waals surface area (Å²) in [5.74, 6) is 3.12. The van der Waals surface area contributed by atoms with Crippen molar-refractivity contribution in [1.29, 1.82) is 0 Å². The molecule has 0 aliphatic rings. The number of halogens is 1. The minimum Gasteiger partial charge on any atom is -0.385 e. The van der Waals surface area contributed by atoms with E-state index in [-0.39, 0.29) is 18.2 Å². The lowest BCUT2D eigenvalue weighted by atomic mass is 10.2. The Hall–Kier alpha value is -2.01. The van der Waals surface area contributed by atoms with E-state index in [2.05, 4.69) is 21.4 Å². The Bertz CT molecular complexity index is 757. The van der Waals surface area contributed by atoms with Gasteiger partial charge in [-0.25, -0.2) is 0 Å². The van der Waals surface area contributed by atoms with Gasteiger partial charge in [0.1, 0.15) is 0 Å². The van der Waals surface area contributed by atoms with Crippen LogP contribution in [0, 0.1) is 12.3 Å². The zero-order valence-electron chi connectivity index (χ0n) is 13.9. The Morgan fingerprint density at radius 1 is 1.44 bits per heavy atom. The summed E-state index contributed by atoms with van der Waals surface area (Å²) in [6.45, 7) is 1.49. The highest BCUT2D eigenvalue weighted by Crippen LogP contribution is 2.29. The van der Waals surface area contributed by atoms with Gasteiger partial charge in [-0.3, -0.25) is 4.79 Å². The van der Waals surface area contributed by atoms with Gasteiger partial charge in [0.25, 0.3) is 0 Å². The van der Waals surface area contributed by atoms with E-state index in [9.17, 15) is 4.79 Å². The number of rotatable bonds is 9. The predicted molar refractivity (Wildman–Crippen MR) is 99.5 cm³/mol. The Morgan fingerprint density at radius 2 is 2.24 bits per heavy atom. The van der Waals surface area contributed by atoms with Crippen LogP contribution in [0.25, 0.3) is 11.4 Å². The minimum absolute atomic E-state index is 0.145. The SMILES string of the molecule is C#CCNC(=O)CSc1nnc(-c2ccccc2Cl)n1CCCOC. The molecule has 2 aromatic rings. The van der Waals surface area contributed by atoms with Crippen LogP contribution in [0.15, 0.2) is 29.4 Å². The van der Waals surface area contributed by atoms with E-state index in [1.807, 2.05) is 28.8 Å². The summed E-state index contributed by atoms with van der Waals surface area (Å²) in [6.07, 6.45) is 5.93. The van der Waals surface area contributed by atoms with Gasteiger partial charge in [0.05, 0.1) is 17.3 Å². The van der Waals surface area contributed by atoms with Crippen LogP contribution in [0.4, 0.5) is 0 Å². The Morgan fingerprint density at radius 3 is 2.96 bits per heavy atom. The third-order valence-corrected chi connectivity index (χ3v) is 4.58. The van der Waals surface area contributed by atoms with Gasteiger partial charge < -0.3 is 14.6 Å². The number of nitrogens with zero attached hydrogens (tertiary/aromatic N) is 3. The molecular formula is C17H19ClN4O2S. The smallest absolute Gasteiger partial charge is 0.231 e. The summed E-state index contributed by atoms with van der Waals surface area (Å²) in [4.78, 5) is 11.8. The minimum atomic E-state index is -0.145. The number of carbonyl (C=O) groups excluding carboxylic acids is 1. The Labute approximate surface area is 156 Å². The van der Waals surface area contributed by atoms with E-state index in [1.165, 1.54) is 11.8 Å². The average Bonchev–Trinajstić information content (AvgIpc) is 3.01. The molecule has 0 radical (unpaired) electrons. The van der Waals surface area contributed by atoms with Crippen molar-refractivity contribution in [3.05, 3.63) is 29.3 Å². The lowest BCUT2D eigenvalue weighted by Gasteiger charge is -2.10. The maximum absolute atomic E-state index is 11.8. The maximum atomic E-state index is 11.8. The van der Waals surface area contributed by atoms with E-state index in [0.717, 1.165) is 12.0 Å². The molecule has 8 heteroatoms. The zero-order valence-corrected chi connectivity index (χ0v) is 15.4. The number of nitrogens with one attached hydrogen (secondary N) is 1. The van der Waals surface area contributed by atoms with E-state index in [0.29, 0.717) is 29.2 Å². The van der Waals surface area contributed by atoms with Gasteiger partial charge in [-0.1, -0.05) is 41.4 Å². The number of hydrogen-bond donors (Lipinski definition) is 1. The third-order valence-electron chi connectivity index (χ3n) is 3.28. The number of methoxy groups -OCH3 is 1. The largest absolute Gasteiger partial charge is 0.385 e. The molecule has 1 heterocycles. The molecule has 0 atom stereocenters. The summed E-state index contributed by atoms with van der Waals surface area (Å²) in [6, 6.07) is 7.47. The molecular weight excluding hydrogens is 360 g/mol. The van der Waals surface area contributed by atoms with Crippen LogP contribution in [0.3, 0.4) is 0 Å². The molecule has 0 saturated heterocycles. The van der Waals surface area contributed by atoms with E-state index < -0.39 is 0 Å². The van der Waals surface area contributed by atoms with Crippen molar-refractivity contribution in [3.63, 3.8) is 0 Å². The third kappa shape index (κ3) is 5.49. The van der Waals surface area contributed by atoms with Crippen molar-refractivity contribution in [2.24, 2.45) is 0 Å². The Kier molecular flexibility index (Phi) is 7.79. The van der Waals surface area contributed by atoms with Gasteiger partial charge in [0, 0.05) is 25.8 Å². The lowest BCUT2D eigenvalue weighted by Crippen LogP contribution is -2.25. The van der Waals surface area contributed by atoms with Gasteiger partial charge in [0.2, 0.25) is 5.91 Å². The highest BCUT2D eigenvalue weighted by molar-refractivity contribution is 7.99. The normalized spacial score (nSPS) is 10.4. The molecule has 1 amide bonds. The standard InChI is InChI=1S/C17H19ClN4O2S/c1-3-9-19-15(23)12-25-17-21-20-16(22(17)10-6-11-24-2)13-7-4-5-8-14(13)18/h1,4-5,7-8H,6,9-12H2,2H3,(H,19,23). The van der Waals surface area contributed by atoms with Crippen LogP contribution in [0.2, 0.25) is 5.02 Å². The fourth-order valence-electron chi connectivity index (χ4n) is 2.14. The van der Waals surface area contributed by atoms with Crippen LogP contribution in [-0.2, 0) is 16.1 Å². The van der Waals surface area contributed by atoms with Gasteiger partial charge >= 0.3 is 0 Å². The molecule has 132 valence electrons. The van der Waals surface area contributed by atoms with Gasteiger partial charge in [-0.05, 0) is 18.6 Å². The second-order valence-corrected chi connectivity index (χ2v) is 6.40. The van der Waals surface area contributed by atoms with E-state index >= 15 is 0 Å². The molecule has 1 N–H and O–H groups in total. The zero-order chi connectivity index (χ0) is 18.1. The van der Waals surface area contributed by atoms with Crippen LogP contribution < -0.4 is 5.32 Å². The predicted octanol–water partition coefficient (Wildman–Crippen LogP) is 2.48. The van der Waals surface area contributed by atoms with Crippen LogP contribution in [-0.4, -0.2) is 46.7 Å². The molecule has 2 rings (SSSR count). The highest BCUT2D eigenvalue weighted by atomic mass is 35.5. The lowest BCUT2D eigenvalue weighted by molar-refractivity contribution is -0.118. The molecule has 0 bridgehead atoms. The number of thioether (sulfide) groups is 1. The molecule has 0 spiro atoms. The quantitative estimate of drug-likeness (QED) is 0.412. The summed E-state index contributed by atoms with van der Waals surface area (Å²) >= 11 is 7.60. The molecule has 1 aromatic heterocycles. The van der Waals surface area contributed by atoms with Crippen molar-refractivity contribution in [2.45, 2.75) is 18.1 Å². The van der Waals surface area contributed by atoms with Gasteiger partial charge in [-0.15, -0.1) is 16.6 Å². The highest BCUT2D eigenvalue weighted by Gasteiger charge is 2.17.